The molecule has 0 bridgehead atoms. The Labute approximate surface area is 99.0 Å². The molecule has 0 fully saturated rings. The summed E-state index contributed by atoms with van der Waals surface area (Å²) in [4.78, 5) is 4.12. The van der Waals surface area contributed by atoms with Crippen molar-refractivity contribution in [3.05, 3.63) is 35.5 Å². The average Bonchev–Trinajstić information content (AvgIpc) is 2.73. The summed E-state index contributed by atoms with van der Waals surface area (Å²) in [5.74, 6) is 1.87. The second-order valence-corrected chi connectivity index (χ2v) is 3.75. The van der Waals surface area contributed by atoms with E-state index in [2.05, 4.69) is 10.1 Å². The maximum atomic E-state index is 9.40. The van der Waals surface area contributed by atoms with Crippen molar-refractivity contribution in [2.75, 3.05) is 0 Å². The number of aryl methyl sites for hydroxylation is 2. The lowest BCUT2D eigenvalue weighted by Crippen LogP contribution is -1.98. The molecule has 0 radical (unpaired) electrons. The van der Waals surface area contributed by atoms with Crippen molar-refractivity contribution >= 4 is 0 Å². The van der Waals surface area contributed by atoms with Crippen molar-refractivity contribution in [2.45, 2.75) is 26.9 Å². The monoisotopic (exact) mass is 234 g/mol. The fourth-order valence-corrected chi connectivity index (χ4v) is 1.45. The fraction of sp³-hybridized carbons (Fsp3) is 0.333. The van der Waals surface area contributed by atoms with E-state index in [0.717, 1.165) is 5.56 Å². The van der Waals surface area contributed by atoms with Gasteiger partial charge in [-0.05, 0) is 24.6 Å². The smallest absolute Gasteiger partial charge is 0.226 e. The molecule has 0 spiro atoms. The molecule has 0 amide bonds. The third-order valence-corrected chi connectivity index (χ3v) is 2.22. The molecule has 17 heavy (non-hydrogen) atoms. The Morgan fingerprint density at radius 3 is 2.82 bits per heavy atom. The van der Waals surface area contributed by atoms with E-state index in [1.165, 1.54) is 0 Å². The Hall–Kier alpha value is -2.04. The minimum Gasteiger partial charge on any atom is -0.508 e. The first kappa shape index (κ1) is 11.4. The zero-order chi connectivity index (χ0) is 12.3. The highest BCUT2D eigenvalue weighted by molar-refractivity contribution is 5.36. The summed E-state index contributed by atoms with van der Waals surface area (Å²) < 4.78 is 10.4. The second kappa shape index (κ2) is 4.86. The molecule has 90 valence electrons. The minimum absolute atomic E-state index is 0.183. The van der Waals surface area contributed by atoms with Crippen LogP contribution in [0, 0.1) is 6.92 Å². The van der Waals surface area contributed by atoms with Crippen molar-refractivity contribution in [1.82, 2.24) is 10.1 Å². The van der Waals surface area contributed by atoms with E-state index in [9.17, 15) is 5.11 Å². The highest BCUT2D eigenvalue weighted by Crippen LogP contribution is 2.21. The third-order valence-electron chi connectivity index (χ3n) is 2.22. The molecule has 0 aliphatic heterocycles. The van der Waals surface area contributed by atoms with E-state index in [0.29, 0.717) is 23.9 Å². The van der Waals surface area contributed by atoms with E-state index in [4.69, 9.17) is 9.26 Å². The van der Waals surface area contributed by atoms with Gasteiger partial charge in [0, 0.05) is 12.5 Å². The second-order valence-electron chi connectivity index (χ2n) is 3.75. The standard InChI is InChI=1S/C12H14N2O3/c1-3-12-13-11(14-17-12)7-16-10-5-8(2)4-9(15)6-10/h4-6,15H,3,7H2,1-2H3. The highest BCUT2D eigenvalue weighted by atomic mass is 16.5. The number of rotatable bonds is 4. The zero-order valence-electron chi connectivity index (χ0n) is 9.80. The van der Waals surface area contributed by atoms with Crippen LogP contribution in [0.4, 0.5) is 0 Å². The van der Waals surface area contributed by atoms with Crippen LogP contribution in [0.1, 0.15) is 24.2 Å². The molecule has 1 aromatic heterocycles. The fourth-order valence-electron chi connectivity index (χ4n) is 1.45. The average molecular weight is 234 g/mol. The number of phenols is 1. The van der Waals surface area contributed by atoms with Crippen LogP contribution in [0.3, 0.4) is 0 Å². The Morgan fingerprint density at radius 2 is 2.18 bits per heavy atom. The van der Waals surface area contributed by atoms with Crippen LogP contribution in [-0.4, -0.2) is 15.2 Å². The van der Waals surface area contributed by atoms with E-state index in [1.807, 2.05) is 19.9 Å². The molecular weight excluding hydrogens is 220 g/mol. The first-order valence-electron chi connectivity index (χ1n) is 5.42. The van der Waals surface area contributed by atoms with Crippen LogP contribution in [-0.2, 0) is 13.0 Å². The topological polar surface area (TPSA) is 68.4 Å². The Kier molecular flexibility index (Phi) is 3.27. The number of ether oxygens (including phenoxy) is 1. The quantitative estimate of drug-likeness (QED) is 0.878. The molecule has 1 aromatic carbocycles. The molecule has 0 aliphatic carbocycles. The lowest BCUT2D eigenvalue weighted by atomic mass is 10.2. The number of hydrogen-bond acceptors (Lipinski definition) is 5. The summed E-state index contributed by atoms with van der Waals surface area (Å²) in [5, 5.41) is 13.2. The number of aromatic hydroxyl groups is 1. The first-order valence-corrected chi connectivity index (χ1v) is 5.42. The van der Waals surface area contributed by atoms with Gasteiger partial charge in [-0.2, -0.15) is 4.98 Å². The van der Waals surface area contributed by atoms with Crippen molar-refractivity contribution in [1.29, 1.82) is 0 Å². The largest absolute Gasteiger partial charge is 0.508 e. The lowest BCUT2D eigenvalue weighted by Gasteiger charge is -2.04. The summed E-state index contributed by atoms with van der Waals surface area (Å²) in [5.41, 5.74) is 0.933. The van der Waals surface area contributed by atoms with Crippen molar-refractivity contribution in [3.63, 3.8) is 0 Å². The lowest BCUT2D eigenvalue weighted by molar-refractivity contribution is 0.284. The number of phenolic OH excluding ortho intramolecular Hbond substituents is 1. The van der Waals surface area contributed by atoms with Gasteiger partial charge < -0.3 is 14.4 Å². The number of hydrogen-bond donors (Lipinski definition) is 1. The van der Waals surface area contributed by atoms with Crippen LogP contribution >= 0.6 is 0 Å². The summed E-state index contributed by atoms with van der Waals surface area (Å²) in [6.07, 6.45) is 0.707. The summed E-state index contributed by atoms with van der Waals surface area (Å²) in [6, 6.07) is 5.05. The van der Waals surface area contributed by atoms with E-state index in [-0.39, 0.29) is 12.4 Å². The Balaban J connectivity index is 2.01. The molecule has 0 saturated heterocycles. The molecule has 5 nitrogen and oxygen atoms in total. The number of nitrogens with zero attached hydrogens (tertiary/aromatic N) is 2. The van der Waals surface area contributed by atoms with Crippen LogP contribution in [0.15, 0.2) is 22.7 Å². The molecule has 0 unspecified atom stereocenters. The zero-order valence-corrected chi connectivity index (χ0v) is 9.80. The normalized spacial score (nSPS) is 10.5. The predicted molar refractivity (Wildman–Crippen MR) is 60.9 cm³/mol. The predicted octanol–water partition coefficient (Wildman–Crippen LogP) is 2.23. The van der Waals surface area contributed by atoms with Crippen LogP contribution < -0.4 is 4.74 Å². The van der Waals surface area contributed by atoms with Gasteiger partial charge in [-0.1, -0.05) is 12.1 Å². The van der Waals surface area contributed by atoms with Crippen molar-refractivity contribution in [3.8, 4) is 11.5 Å². The highest BCUT2D eigenvalue weighted by Gasteiger charge is 2.05. The number of benzene rings is 1. The molecule has 2 rings (SSSR count). The van der Waals surface area contributed by atoms with Crippen LogP contribution in [0.25, 0.3) is 0 Å². The van der Waals surface area contributed by atoms with Crippen molar-refractivity contribution in [2.24, 2.45) is 0 Å². The van der Waals surface area contributed by atoms with Crippen LogP contribution in [0.5, 0.6) is 11.5 Å². The molecule has 0 atom stereocenters. The van der Waals surface area contributed by atoms with Gasteiger partial charge in [0.1, 0.15) is 11.5 Å². The van der Waals surface area contributed by atoms with Crippen molar-refractivity contribution < 1.29 is 14.4 Å². The van der Waals surface area contributed by atoms with E-state index < -0.39 is 0 Å². The minimum atomic E-state index is 0.183. The molecule has 1 N–H and O–H groups in total. The van der Waals surface area contributed by atoms with Gasteiger partial charge in [-0.25, -0.2) is 0 Å². The van der Waals surface area contributed by atoms with Gasteiger partial charge >= 0.3 is 0 Å². The molecule has 0 saturated carbocycles. The Morgan fingerprint density at radius 1 is 1.35 bits per heavy atom. The van der Waals surface area contributed by atoms with E-state index in [1.54, 1.807) is 12.1 Å². The molecule has 1 heterocycles. The molecule has 5 heteroatoms. The summed E-state index contributed by atoms with van der Waals surface area (Å²) in [6.45, 7) is 4.05. The Bertz CT molecular complexity index is 488. The van der Waals surface area contributed by atoms with Crippen LogP contribution in [0.2, 0.25) is 0 Å². The van der Waals surface area contributed by atoms with Gasteiger partial charge in [0.2, 0.25) is 11.7 Å². The molecule has 0 aliphatic rings. The number of aromatic nitrogens is 2. The van der Waals surface area contributed by atoms with Gasteiger partial charge in [-0.3, -0.25) is 0 Å². The summed E-state index contributed by atoms with van der Waals surface area (Å²) in [7, 11) is 0. The van der Waals surface area contributed by atoms with Gasteiger partial charge in [0.05, 0.1) is 0 Å². The van der Waals surface area contributed by atoms with Gasteiger partial charge in [0.15, 0.2) is 6.61 Å². The molecular formula is C12H14N2O3. The van der Waals surface area contributed by atoms with Gasteiger partial charge in [0.25, 0.3) is 0 Å². The summed E-state index contributed by atoms with van der Waals surface area (Å²) >= 11 is 0. The molecule has 2 aromatic rings. The maximum Gasteiger partial charge on any atom is 0.226 e. The first-order chi connectivity index (χ1) is 8.17. The SMILES string of the molecule is CCc1nc(COc2cc(C)cc(O)c2)no1. The maximum absolute atomic E-state index is 9.40. The third kappa shape index (κ3) is 2.96. The van der Waals surface area contributed by atoms with Gasteiger partial charge in [-0.15, -0.1) is 0 Å². The van der Waals surface area contributed by atoms with E-state index >= 15 is 0 Å².